The van der Waals surface area contributed by atoms with E-state index in [9.17, 15) is 4.79 Å². The second kappa shape index (κ2) is 5.15. The molecule has 0 N–H and O–H groups in total. The number of carbonyl (C=O) groups excluding carboxylic acids is 1. The Labute approximate surface area is 111 Å². The van der Waals surface area contributed by atoms with Gasteiger partial charge in [-0.25, -0.2) is 0 Å². The highest BCUT2D eigenvalue weighted by Crippen LogP contribution is 2.26. The van der Waals surface area contributed by atoms with Crippen LogP contribution in [0.5, 0.6) is 0 Å². The fourth-order valence-corrected chi connectivity index (χ4v) is 2.52. The molecular formula is C12H14Cl2N2O. The summed E-state index contributed by atoms with van der Waals surface area (Å²) in [4.78, 5) is 15.3. The van der Waals surface area contributed by atoms with Gasteiger partial charge in [-0.2, -0.15) is 0 Å². The fraction of sp³-hybridized carbons (Fsp3) is 0.417. The average molecular weight is 273 g/mol. The number of hydrogen-bond donors (Lipinski definition) is 0. The van der Waals surface area contributed by atoms with Gasteiger partial charge in [0.25, 0.3) is 0 Å². The van der Waals surface area contributed by atoms with Crippen molar-refractivity contribution in [1.82, 2.24) is 4.90 Å². The third-order valence-electron chi connectivity index (χ3n) is 2.94. The molecule has 1 saturated heterocycles. The lowest BCUT2D eigenvalue weighted by atomic mass is 10.2. The van der Waals surface area contributed by atoms with Crippen LogP contribution >= 0.6 is 23.2 Å². The third-order valence-corrected chi connectivity index (χ3v) is 3.37. The van der Waals surface area contributed by atoms with Crippen LogP contribution in [0.15, 0.2) is 18.2 Å². The predicted molar refractivity (Wildman–Crippen MR) is 70.9 cm³/mol. The molecule has 0 bridgehead atoms. The molecular weight excluding hydrogens is 259 g/mol. The number of piperazine rings is 1. The average Bonchev–Trinajstić information content (AvgIpc) is 2.28. The highest BCUT2D eigenvalue weighted by atomic mass is 35.5. The van der Waals surface area contributed by atoms with E-state index in [4.69, 9.17) is 23.2 Å². The summed E-state index contributed by atoms with van der Waals surface area (Å²) in [5.74, 6) is 0.133. The van der Waals surface area contributed by atoms with E-state index in [0.717, 1.165) is 31.9 Å². The minimum atomic E-state index is 0.133. The Morgan fingerprint density at radius 3 is 2.06 bits per heavy atom. The summed E-state index contributed by atoms with van der Waals surface area (Å²) in [6.45, 7) is 4.73. The smallest absolute Gasteiger partial charge is 0.219 e. The van der Waals surface area contributed by atoms with E-state index >= 15 is 0 Å². The van der Waals surface area contributed by atoms with Gasteiger partial charge in [0.15, 0.2) is 0 Å². The van der Waals surface area contributed by atoms with Gasteiger partial charge in [-0.15, -0.1) is 0 Å². The minimum Gasteiger partial charge on any atom is -0.368 e. The lowest BCUT2D eigenvalue weighted by molar-refractivity contribution is -0.129. The molecule has 0 aliphatic carbocycles. The summed E-state index contributed by atoms with van der Waals surface area (Å²) in [7, 11) is 0. The van der Waals surface area contributed by atoms with Crippen LogP contribution in [0.25, 0.3) is 0 Å². The molecule has 0 radical (unpaired) electrons. The van der Waals surface area contributed by atoms with Crippen molar-refractivity contribution >= 4 is 34.8 Å². The quantitative estimate of drug-likeness (QED) is 0.785. The predicted octanol–water partition coefficient (Wildman–Crippen LogP) is 2.66. The molecule has 1 aromatic rings. The number of benzene rings is 1. The number of anilines is 1. The molecule has 0 aromatic heterocycles. The van der Waals surface area contributed by atoms with Crippen LogP contribution in [0, 0.1) is 0 Å². The molecule has 0 atom stereocenters. The van der Waals surface area contributed by atoms with Crippen molar-refractivity contribution in [3.8, 4) is 0 Å². The Bertz CT molecular complexity index is 408. The molecule has 17 heavy (non-hydrogen) atoms. The monoisotopic (exact) mass is 272 g/mol. The van der Waals surface area contributed by atoms with Gasteiger partial charge in [0.1, 0.15) is 0 Å². The van der Waals surface area contributed by atoms with Gasteiger partial charge in [-0.3, -0.25) is 4.79 Å². The van der Waals surface area contributed by atoms with Gasteiger partial charge < -0.3 is 9.80 Å². The van der Waals surface area contributed by atoms with Gasteiger partial charge in [-0.1, -0.05) is 23.2 Å². The number of hydrogen-bond acceptors (Lipinski definition) is 2. The highest BCUT2D eigenvalue weighted by molar-refractivity contribution is 6.35. The molecule has 0 unspecified atom stereocenters. The first-order chi connectivity index (χ1) is 8.06. The first-order valence-corrected chi connectivity index (χ1v) is 6.28. The zero-order valence-electron chi connectivity index (χ0n) is 9.62. The molecule has 1 heterocycles. The van der Waals surface area contributed by atoms with E-state index in [0.29, 0.717) is 10.0 Å². The minimum absolute atomic E-state index is 0.133. The van der Waals surface area contributed by atoms with Crippen molar-refractivity contribution in [1.29, 1.82) is 0 Å². The van der Waals surface area contributed by atoms with Gasteiger partial charge in [0, 0.05) is 48.8 Å². The van der Waals surface area contributed by atoms with Gasteiger partial charge in [0.2, 0.25) is 5.91 Å². The van der Waals surface area contributed by atoms with Crippen LogP contribution in [0.4, 0.5) is 5.69 Å². The second-order valence-electron chi connectivity index (χ2n) is 4.12. The lowest BCUT2D eigenvalue weighted by Gasteiger charge is -2.35. The second-order valence-corrected chi connectivity index (χ2v) is 4.99. The van der Waals surface area contributed by atoms with Crippen LogP contribution < -0.4 is 4.90 Å². The van der Waals surface area contributed by atoms with Crippen LogP contribution in [-0.2, 0) is 4.79 Å². The molecule has 1 amide bonds. The number of rotatable bonds is 1. The van der Waals surface area contributed by atoms with Crippen molar-refractivity contribution in [2.45, 2.75) is 6.92 Å². The van der Waals surface area contributed by atoms with E-state index in [1.54, 1.807) is 13.0 Å². The Hall–Kier alpha value is -0.930. The number of nitrogens with zero attached hydrogens (tertiary/aromatic N) is 2. The number of carbonyl (C=O) groups is 1. The van der Waals surface area contributed by atoms with Crippen molar-refractivity contribution in [2.24, 2.45) is 0 Å². The fourth-order valence-electron chi connectivity index (χ4n) is 2.00. The van der Waals surface area contributed by atoms with Crippen LogP contribution in [0.3, 0.4) is 0 Å². The topological polar surface area (TPSA) is 23.6 Å². The largest absolute Gasteiger partial charge is 0.368 e. The zero-order chi connectivity index (χ0) is 12.4. The molecule has 1 aliphatic heterocycles. The molecule has 2 rings (SSSR count). The Morgan fingerprint density at radius 2 is 1.59 bits per heavy atom. The molecule has 1 fully saturated rings. The van der Waals surface area contributed by atoms with Gasteiger partial charge >= 0.3 is 0 Å². The van der Waals surface area contributed by atoms with Crippen molar-refractivity contribution in [3.63, 3.8) is 0 Å². The molecule has 92 valence electrons. The molecule has 5 heteroatoms. The van der Waals surface area contributed by atoms with Crippen LogP contribution in [0.2, 0.25) is 10.0 Å². The lowest BCUT2D eigenvalue weighted by Crippen LogP contribution is -2.48. The maximum absolute atomic E-state index is 11.2. The number of halogens is 2. The summed E-state index contributed by atoms with van der Waals surface area (Å²) in [6.07, 6.45) is 0. The first kappa shape index (κ1) is 12.5. The Morgan fingerprint density at radius 1 is 1.06 bits per heavy atom. The van der Waals surface area contributed by atoms with Crippen LogP contribution in [0.1, 0.15) is 6.92 Å². The first-order valence-electron chi connectivity index (χ1n) is 5.53. The third kappa shape index (κ3) is 3.05. The van der Waals surface area contributed by atoms with E-state index < -0.39 is 0 Å². The number of amides is 1. The van der Waals surface area contributed by atoms with Crippen molar-refractivity contribution in [2.75, 3.05) is 31.1 Å². The normalized spacial score (nSPS) is 16.2. The van der Waals surface area contributed by atoms with E-state index in [2.05, 4.69) is 4.90 Å². The Balaban J connectivity index is 2.07. The molecule has 3 nitrogen and oxygen atoms in total. The summed E-state index contributed by atoms with van der Waals surface area (Å²) in [5.41, 5.74) is 1.02. The zero-order valence-corrected chi connectivity index (χ0v) is 11.1. The summed E-state index contributed by atoms with van der Waals surface area (Å²) < 4.78 is 0. The van der Waals surface area contributed by atoms with E-state index in [-0.39, 0.29) is 5.91 Å². The molecule has 1 aromatic carbocycles. The van der Waals surface area contributed by atoms with Crippen molar-refractivity contribution < 1.29 is 4.79 Å². The van der Waals surface area contributed by atoms with E-state index in [1.807, 2.05) is 17.0 Å². The summed E-state index contributed by atoms with van der Waals surface area (Å²) in [6, 6.07) is 5.52. The SMILES string of the molecule is CC(=O)N1CCN(c2cc(Cl)cc(Cl)c2)CC1. The maximum Gasteiger partial charge on any atom is 0.219 e. The summed E-state index contributed by atoms with van der Waals surface area (Å²) in [5, 5.41) is 1.28. The van der Waals surface area contributed by atoms with Crippen LogP contribution in [-0.4, -0.2) is 37.0 Å². The standard InChI is InChI=1S/C12H14Cl2N2O/c1-9(17)15-2-4-16(5-3-15)12-7-10(13)6-11(14)8-12/h6-8H,2-5H2,1H3. The van der Waals surface area contributed by atoms with Gasteiger partial charge in [0.05, 0.1) is 0 Å². The molecule has 0 saturated carbocycles. The Kier molecular flexibility index (Phi) is 3.79. The van der Waals surface area contributed by atoms with Gasteiger partial charge in [-0.05, 0) is 18.2 Å². The summed E-state index contributed by atoms with van der Waals surface area (Å²) >= 11 is 11.9. The van der Waals surface area contributed by atoms with Crippen molar-refractivity contribution in [3.05, 3.63) is 28.2 Å². The molecule has 1 aliphatic rings. The maximum atomic E-state index is 11.2. The molecule has 0 spiro atoms. The highest BCUT2D eigenvalue weighted by Gasteiger charge is 2.19. The van der Waals surface area contributed by atoms with E-state index in [1.165, 1.54) is 0 Å².